The van der Waals surface area contributed by atoms with E-state index in [4.69, 9.17) is 4.74 Å². The summed E-state index contributed by atoms with van der Waals surface area (Å²) in [5.74, 6) is -0.347. The predicted molar refractivity (Wildman–Crippen MR) is 131 cm³/mol. The molecular weight excluding hydrogens is 504 g/mol. The molecule has 2 fully saturated rings. The third kappa shape index (κ3) is 4.32. The smallest absolute Gasteiger partial charge is 0.370 e. The van der Waals surface area contributed by atoms with Crippen molar-refractivity contribution in [2.45, 2.75) is 38.1 Å². The Balaban J connectivity index is 1.45. The van der Waals surface area contributed by atoms with Crippen LogP contribution in [0.3, 0.4) is 0 Å². The number of morpholine rings is 1. The van der Waals surface area contributed by atoms with Crippen molar-refractivity contribution in [3.8, 4) is 11.3 Å². The van der Waals surface area contributed by atoms with Crippen LogP contribution in [0.2, 0.25) is 0 Å². The van der Waals surface area contributed by atoms with Gasteiger partial charge < -0.3 is 9.64 Å². The first-order chi connectivity index (χ1) is 18.1. The molecule has 2 aliphatic rings. The van der Waals surface area contributed by atoms with E-state index < -0.39 is 17.6 Å². The lowest BCUT2D eigenvalue weighted by atomic mass is 10.0. The van der Waals surface area contributed by atoms with Crippen LogP contribution < -0.4 is 10.5 Å². The second-order valence-electron chi connectivity index (χ2n) is 9.73. The third-order valence-corrected chi connectivity index (χ3v) is 7.13. The molecule has 1 aliphatic carbocycles. The fourth-order valence-electron chi connectivity index (χ4n) is 4.72. The average Bonchev–Trinajstić information content (AvgIpc) is 3.63. The van der Waals surface area contributed by atoms with Crippen molar-refractivity contribution in [1.29, 1.82) is 0 Å². The maximum absolute atomic E-state index is 15.1. The van der Waals surface area contributed by atoms with Crippen molar-refractivity contribution in [2.24, 2.45) is 7.05 Å². The van der Waals surface area contributed by atoms with Gasteiger partial charge in [0.2, 0.25) is 0 Å². The van der Waals surface area contributed by atoms with Crippen LogP contribution in [-0.2, 0) is 18.0 Å². The van der Waals surface area contributed by atoms with Crippen molar-refractivity contribution in [2.75, 3.05) is 24.6 Å². The van der Waals surface area contributed by atoms with Crippen LogP contribution in [0.15, 0.2) is 41.5 Å². The van der Waals surface area contributed by atoms with E-state index in [2.05, 4.69) is 15.1 Å². The Bertz CT molecular complexity index is 1610. The molecule has 1 aromatic carbocycles. The summed E-state index contributed by atoms with van der Waals surface area (Å²) in [5, 5.41) is 4.63. The van der Waals surface area contributed by atoms with Gasteiger partial charge in [0.1, 0.15) is 34.8 Å². The first-order valence-corrected chi connectivity index (χ1v) is 12.3. The molecule has 0 N–H and O–H groups in total. The van der Waals surface area contributed by atoms with E-state index in [-0.39, 0.29) is 33.8 Å². The Morgan fingerprint density at radius 3 is 2.63 bits per heavy atom. The van der Waals surface area contributed by atoms with E-state index >= 15 is 4.39 Å². The summed E-state index contributed by atoms with van der Waals surface area (Å²) < 4.78 is 63.9. The fourth-order valence-corrected chi connectivity index (χ4v) is 4.72. The number of anilines is 1. The molecule has 1 aliphatic heterocycles. The van der Waals surface area contributed by atoms with Gasteiger partial charge in [-0.05, 0) is 44.0 Å². The van der Waals surface area contributed by atoms with Crippen molar-refractivity contribution in [1.82, 2.24) is 24.3 Å². The van der Waals surface area contributed by atoms with E-state index in [0.29, 0.717) is 43.4 Å². The highest BCUT2D eigenvalue weighted by atomic mass is 19.4. The zero-order valence-corrected chi connectivity index (χ0v) is 20.7. The largest absolute Gasteiger partial charge is 0.416 e. The number of pyridine rings is 1. The normalized spacial score (nSPS) is 18.4. The lowest BCUT2D eigenvalue weighted by Gasteiger charge is -2.33. The van der Waals surface area contributed by atoms with Gasteiger partial charge in [-0.2, -0.15) is 18.3 Å². The molecule has 38 heavy (non-hydrogen) atoms. The lowest BCUT2D eigenvalue weighted by molar-refractivity contribution is -0.137. The van der Waals surface area contributed by atoms with Gasteiger partial charge in [-0.15, -0.1) is 0 Å². The number of ether oxygens (including phenoxy) is 1. The Labute approximate surface area is 214 Å². The monoisotopic (exact) mass is 528 g/mol. The molecule has 0 radical (unpaired) electrons. The van der Waals surface area contributed by atoms with E-state index in [1.54, 1.807) is 26.2 Å². The fraction of sp³-hybridized carbons (Fsp3) is 0.385. The van der Waals surface area contributed by atoms with Crippen molar-refractivity contribution < 1.29 is 22.3 Å². The first-order valence-electron chi connectivity index (χ1n) is 12.3. The number of hydrogen-bond donors (Lipinski definition) is 0. The maximum Gasteiger partial charge on any atom is 0.416 e. The van der Waals surface area contributed by atoms with Crippen LogP contribution in [0.25, 0.3) is 22.2 Å². The number of rotatable bonds is 4. The molecule has 4 aromatic rings. The highest BCUT2D eigenvalue weighted by Crippen LogP contribution is 2.37. The Morgan fingerprint density at radius 2 is 1.92 bits per heavy atom. The van der Waals surface area contributed by atoms with Crippen LogP contribution in [0.4, 0.5) is 23.4 Å². The van der Waals surface area contributed by atoms with Crippen LogP contribution >= 0.6 is 0 Å². The Hall–Kier alpha value is -3.80. The minimum absolute atomic E-state index is 0.00844. The number of aryl methyl sites for hydroxylation is 1. The average molecular weight is 529 g/mol. The molecule has 0 bridgehead atoms. The number of alkyl halides is 3. The van der Waals surface area contributed by atoms with E-state index in [9.17, 15) is 18.0 Å². The van der Waals surface area contributed by atoms with Gasteiger partial charge in [0, 0.05) is 37.5 Å². The predicted octanol–water partition coefficient (Wildman–Crippen LogP) is 4.57. The van der Waals surface area contributed by atoms with Gasteiger partial charge in [-0.25, -0.2) is 14.4 Å². The topological polar surface area (TPSA) is 78.1 Å². The maximum atomic E-state index is 15.1. The molecule has 0 unspecified atom stereocenters. The Kier molecular flexibility index (Phi) is 5.74. The van der Waals surface area contributed by atoms with Gasteiger partial charge in [0.05, 0.1) is 29.8 Å². The first kappa shape index (κ1) is 24.5. The molecule has 1 saturated heterocycles. The molecule has 8 nitrogen and oxygen atoms in total. The molecular formula is C26H24F4N6O2. The lowest BCUT2D eigenvalue weighted by Crippen LogP contribution is -2.39. The summed E-state index contributed by atoms with van der Waals surface area (Å²) in [4.78, 5) is 24.2. The zero-order valence-electron chi connectivity index (χ0n) is 20.7. The second kappa shape index (κ2) is 8.90. The number of benzene rings is 1. The second-order valence-corrected chi connectivity index (χ2v) is 9.73. The third-order valence-electron chi connectivity index (χ3n) is 7.13. The summed E-state index contributed by atoms with van der Waals surface area (Å²) in [6.07, 6.45) is 0.977. The number of aromatic nitrogens is 5. The van der Waals surface area contributed by atoms with Gasteiger partial charge in [-0.1, -0.05) is 0 Å². The highest BCUT2D eigenvalue weighted by molar-refractivity contribution is 5.93. The Morgan fingerprint density at radius 1 is 1.13 bits per heavy atom. The minimum Gasteiger partial charge on any atom is -0.370 e. The van der Waals surface area contributed by atoms with Crippen LogP contribution in [0.1, 0.15) is 41.9 Å². The summed E-state index contributed by atoms with van der Waals surface area (Å²) in [6, 6.07) is 4.30. The standard InChI is InChI=1S/C26H24F4N6O2/c1-14-32-24-19(25(37)34(14)2)10-22(33-23(24)18-6-3-16(9-20(18)27)26(28,29)30)35-7-8-38-21(13-35)15-11-31-36(12-15)17-4-5-17/h3,6,9-12,17,21H,4-5,7-8,13H2,1-2H3/t21-/m0/s1. The van der Waals surface area contributed by atoms with Crippen LogP contribution in [-0.4, -0.2) is 44.0 Å². The number of nitrogens with zero attached hydrogens (tertiary/aromatic N) is 6. The van der Waals surface area contributed by atoms with E-state index in [1.807, 2.05) is 15.8 Å². The molecule has 198 valence electrons. The van der Waals surface area contributed by atoms with Crippen molar-refractivity contribution in [3.63, 3.8) is 0 Å². The molecule has 4 heterocycles. The van der Waals surface area contributed by atoms with Gasteiger partial charge in [0.15, 0.2) is 0 Å². The van der Waals surface area contributed by atoms with Gasteiger partial charge in [0.25, 0.3) is 5.56 Å². The van der Waals surface area contributed by atoms with E-state index in [1.165, 1.54) is 4.57 Å². The highest BCUT2D eigenvalue weighted by Gasteiger charge is 2.32. The van der Waals surface area contributed by atoms with Crippen LogP contribution in [0.5, 0.6) is 0 Å². The van der Waals surface area contributed by atoms with Crippen molar-refractivity contribution in [3.05, 3.63) is 69.8 Å². The number of fused-ring (bicyclic) bond motifs is 1. The summed E-state index contributed by atoms with van der Waals surface area (Å²) in [6.45, 7) is 2.87. The molecule has 6 rings (SSSR count). The molecule has 1 atom stereocenters. The summed E-state index contributed by atoms with van der Waals surface area (Å²) in [7, 11) is 1.57. The van der Waals surface area contributed by atoms with Crippen LogP contribution in [0, 0.1) is 12.7 Å². The molecule has 3 aromatic heterocycles. The van der Waals surface area contributed by atoms with E-state index in [0.717, 1.165) is 30.5 Å². The van der Waals surface area contributed by atoms with Gasteiger partial charge >= 0.3 is 6.18 Å². The van der Waals surface area contributed by atoms with Crippen molar-refractivity contribution >= 4 is 16.7 Å². The summed E-state index contributed by atoms with van der Waals surface area (Å²) in [5.41, 5.74) is -0.579. The zero-order chi connectivity index (χ0) is 26.8. The molecule has 12 heteroatoms. The number of halogens is 4. The summed E-state index contributed by atoms with van der Waals surface area (Å²) >= 11 is 0. The van der Waals surface area contributed by atoms with Gasteiger partial charge in [-0.3, -0.25) is 14.0 Å². The molecule has 0 amide bonds. The quantitative estimate of drug-likeness (QED) is 0.361. The number of hydrogen-bond acceptors (Lipinski definition) is 6. The minimum atomic E-state index is -4.70. The SMILES string of the molecule is Cc1nc2c(-c3ccc(C(F)(F)F)cc3F)nc(N3CCO[C@H](c4cnn(C5CC5)c4)C3)cc2c(=O)n1C. The molecule has 0 spiro atoms. The molecule has 1 saturated carbocycles.